The van der Waals surface area contributed by atoms with Gasteiger partial charge in [-0.3, -0.25) is 14.3 Å². The molecular formula is C17H25N7O2. The number of nitrogens with one attached hydrogen (secondary N) is 1. The third kappa shape index (κ3) is 3.87. The molecule has 9 heteroatoms. The SMILES string of the molecule is Cc1cc(N)n(CC(=O)NCc2cc3n(n2)CCN(C(=O)C(C)C)C3)n1. The highest BCUT2D eigenvalue weighted by molar-refractivity contribution is 5.78. The van der Waals surface area contributed by atoms with Gasteiger partial charge in [0.2, 0.25) is 11.8 Å². The molecule has 3 N–H and O–H groups in total. The second kappa shape index (κ2) is 7.19. The zero-order valence-electron chi connectivity index (χ0n) is 15.4. The van der Waals surface area contributed by atoms with Gasteiger partial charge in [0.1, 0.15) is 12.4 Å². The Labute approximate surface area is 152 Å². The number of nitrogens with zero attached hydrogens (tertiary/aromatic N) is 5. The number of amides is 2. The fraction of sp³-hybridized carbons (Fsp3) is 0.529. The Bertz CT molecular complexity index is 821. The Kier molecular flexibility index (Phi) is 4.97. The molecule has 1 aliphatic rings. The van der Waals surface area contributed by atoms with Crippen molar-refractivity contribution in [3.63, 3.8) is 0 Å². The quantitative estimate of drug-likeness (QED) is 0.797. The van der Waals surface area contributed by atoms with Gasteiger partial charge in [0.25, 0.3) is 0 Å². The molecule has 140 valence electrons. The Hall–Kier alpha value is -2.84. The Morgan fingerprint density at radius 3 is 2.69 bits per heavy atom. The zero-order chi connectivity index (χ0) is 18.8. The minimum absolute atomic E-state index is 0.0124. The van der Waals surface area contributed by atoms with Crippen molar-refractivity contribution in [2.75, 3.05) is 12.3 Å². The van der Waals surface area contributed by atoms with E-state index in [4.69, 9.17) is 5.73 Å². The molecule has 0 atom stereocenters. The second-order valence-electron chi connectivity index (χ2n) is 6.91. The van der Waals surface area contributed by atoms with E-state index in [1.54, 1.807) is 6.07 Å². The molecule has 0 fully saturated rings. The third-order valence-corrected chi connectivity index (χ3v) is 4.35. The fourth-order valence-electron chi connectivity index (χ4n) is 3.04. The summed E-state index contributed by atoms with van der Waals surface area (Å²) in [5.41, 5.74) is 8.33. The van der Waals surface area contributed by atoms with E-state index in [0.717, 1.165) is 17.1 Å². The maximum atomic E-state index is 12.2. The number of nitrogen functional groups attached to an aromatic ring is 1. The molecule has 0 spiro atoms. The van der Waals surface area contributed by atoms with Crippen LogP contribution in [0.2, 0.25) is 0 Å². The van der Waals surface area contributed by atoms with Crippen LogP contribution >= 0.6 is 0 Å². The highest BCUT2D eigenvalue weighted by Crippen LogP contribution is 2.16. The standard InChI is InChI=1S/C17H25N7O2/c1-11(2)17(26)22-4-5-23-14(9-22)7-13(21-23)8-19-16(25)10-24-15(18)6-12(3)20-24/h6-7,11H,4-5,8-10,18H2,1-3H3,(H,19,25). The van der Waals surface area contributed by atoms with Crippen molar-refractivity contribution >= 4 is 17.6 Å². The summed E-state index contributed by atoms with van der Waals surface area (Å²) >= 11 is 0. The lowest BCUT2D eigenvalue weighted by atomic mass is 10.1. The molecule has 2 aromatic heterocycles. The number of hydrogen-bond acceptors (Lipinski definition) is 5. The van der Waals surface area contributed by atoms with Crippen molar-refractivity contribution < 1.29 is 9.59 Å². The van der Waals surface area contributed by atoms with Crippen LogP contribution in [0.5, 0.6) is 0 Å². The number of hydrogen-bond donors (Lipinski definition) is 2. The third-order valence-electron chi connectivity index (χ3n) is 4.35. The molecule has 0 saturated carbocycles. The molecule has 2 amide bonds. The van der Waals surface area contributed by atoms with Gasteiger partial charge >= 0.3 is 0 Å². The van der Waals surface area contributed by atoms with Crippen LogP contribution in [0.1, 0.15) is 30.9 Å². The van der Waals surface area contributed by atoms with E-state index in [1.807, 2.05) is 36.4 Å². The normalized spacial score (nSPS) is 13.8. The first-order chi connectivity index (χ1) is 12.3. The number of rotatable bonds is 5. The van der Waals surface area contributed by atoms with Crippen molar-refractivity contribution in [1.82, 2.24) is 29.8 Å². The number of carbonyl (C=O) groups excluding carboxylic acids is 2. The van der Waals surface area contributed by atoms with Gasteiger partial charge in [-0.1, -0.05) is 13.8 Å². The van der Waals surface area contributed by atoms with E-state index >= 15 is 0 Å². The van der Waals surface area contributed by atoms with Crippen LogP contribution in [-0.2, 0) is 35.8 Å². The van der Waals surface area contributed by atoms with Gasteiger partial charge in [-0.25, -0.2) is 4.68 Å². The number of aromatic nitrogens is 4. The smallest absolute Gasteiger partial charge is 0.242 e. The first-order valence-corrected chi connectivity index (χ1v) is 8.74. The molecule has 0 aromatic carbocycles. The van der Waals surface area contributed by atoms with Gasteiger partial charge in [0.15, 0.2) is 0 Å². The first kappa shape index (κ1) is 18.0. The summed E-state index contributed by atoms with van der Waals surface area (Å²) in [5.74, 6) is 0.424. The van der Waals surface area contributed by atoms with E-state index < -0.39 is 0 Å². The summed E-state index contributed by atoms with van der Waals surface area (Å²) in [7, 11) is 0. The van der Waals surface area contributed by atoms with Crippen LogP contribution in [0.4, 0.5) is 5.82 Å². The van der Waals surface area contributed by atoms with Crippen molar-refractivity contribution in [1.29, 1.82) is 0 Å². The number of carbonyl (C=O) groups is 2. The Balaban J connectivity index is 1.56. The van der Waals surface area contributed by atoms with Crippen LogP contribution in [-0.4, -0.2) is 42.8 Å². The van der Waals surface area contributed by atoms with Gasteiger partial charge in [-0.2, -0.15) is 10.2 Å². The van der Waals surface area contributed by atoms with Crippen LogP contribution < -0.4 is 11.1 Å². The average molecular weight is 359 g/mol. The fourth-order valence-corrected chi connectivity index (χ4v) is 3.04. The van der Waals surface area contributed by atoms with E-state index in [9.17, 15) is 9.59 Å². The summed E-state index contributed by atoms with van der Waals surface area (Å²) in [5, 5.41) is 11.5. The summed E-state index contributed by atoms with van der Waals surface area (Å²) < 4.78 is 3.37. The van der Waals surface area contributed by atoms with E-state index in [-0.39, 0.29) is 24.3 Å². The maximum absolute atomic E-state index is 12.2. The van der Waals surface area contributed by atoms with Crippen molar-refractivity contribution in [2.24, 2.45) is 5.92 Å². The highest BCUT2D eigenvalue weighted by Gasteiger charge is 2.23. The van der Waals surface area contributed by atoms with Crippen LogP contribution in [0.25, 0.3) is 0 Å². The number of fused-ring (bicyclic) bond motifs is 1. The molecule has 3 heterocycles. The molecule has 0 bridgehead atoms. The Morgan fingerprint density at radius 2 is 2.04 bits per heavy atom. The van der Waals surface area contributed by atoms with Gasteiger partial charge < -0.3 is 16.0 Å². The molecular weight excluding hydrogens is 334 g/mol. The molecule has 26 heavy (non-hydrogen) atoms. The lowest BCUT2D eigenvalue weighted by molar-refractivity contribution is -0.136. The molecule has 0 aliphatic carbocycles. The van der Waals surface area contributed by atoms with Crippen LogP contribution in [0.15, 0.2) is 12.1 Å². The summed E-state index contributed by atoms with van der Waals surface area (Å²) in [6.45, 7) is 7.93. The molecule has 9 nitrogen and oxygen atoms in total. The molecule has 1 aliphatic heterocycles. The molecule has 0 saturated heterocycles. The minimum Gasteiger partial charge on any atom is -0.384 e. The van der Waals surface area contributed by atoms with Gasteiger partial charge in [-0.05, 0) is 13.0 Å². The second-order valence-corrected chi connectivity index (χ2v) is 6.91. The number of aryl methyl sites for hydroxylation is 1. The molecule has 0 radical (unpaired) electrons. The number of nitrogens with two attached hydrogens (primary N) is 1. The largest absolute Gasteiger partial charge is 0.384 e. The lowest BCUT2D eigenvalue weighted by Crippen LogP contribution is -2.40. The summed E-state index contributed by atoms with van der Waals surface area (Å²) in [4.78, 5) is 26.1. The van der Waals surface area contributed by atoms with E-state index in [0.29, 0.717) is 32.0 Å². The zero-order valence-corrected chi connectivity index (χ0v) is 15.4. The monoisotopic (exact) mass is 359 g/mol. The average Bonchev–Trinajstić information content (AvgIpc) is 3.13. The number of anilines is 1. The lowest BCUT2D eigenvalue weighted by Gasteiger charge is -2.29. The summed E-state index contributed by atoms with van der Waals surface area (Å²) in [6, 6.07) is 3.66. The predicted molar refractivity (Wildman–Crippen MR) is 95.7 cm³/mol. The topological polar surface area (TPSA) is 111 Å². The maximum Gasteiger partial charge on any atom is 0.242 e. The van der Waals surface area contributed by atoms with Crippen molar-refractivity contribution in [2.45, 2.75) is 47.0 Å². The van der Waals surface area contributed by atoms with Crippen LogP contribution in [0, 0.1) is 12.8 Å². The summed E-state index contributed by atoms with van der Waals surface area (Å²) in [6.07, 6.45) is 0. The predicted octanol–water partition coefficient (Wildman–Crippen LogP) is 0.285. The van der Waals surface area contributed by atoms with Crippen molar-refractivity contribution in [3.05, 3.63) is 29.2 Å². The highest BCUT2D eigenvalue weighted by atomic mass is 16.2. The van der Waals surface area contributed by atoms with Crippen LogP contribution in [0.3, 0.4) is 0 Å². The van der Waals surface area contributed by atoms with Crippen molar-refractivity contribution in [3.8, 4) is 0 Å². The van der Waals surface area contributed by atoms with Gasteiger partial charge in [-0.15, -0.1) is 0 Å². The minimum atomic E-state index is -0.178. The van der Waals surface area contributed by atoms with E-state index in [2.05, 4.69) is 15.5 Å². The molecule has 0 unspecified atom stereocenters. The van der Waals surface area contributed by atoms with Gasteiger partial charge in [0.05, 0.1) is 36.7 Å². The Morgan fingerprint density at radius 1 is 1.27 bits per heavy atom. The molecule has 2 aromatic rings. The first-order valence-electron chi connectivity index (χ1n) is 8.74. The molecule has 3 rings (SSSR count). The van der Waals surface area contributed by atoms with Gasteiger partial charge in [0, 0.05) is 18.5 Å². The van der Waals surface area contributed by atoms with E-state index in [1.165, 1.54) is 4.68 Å².